The van der Waals surface area contributed by atoms with E-state index in [1.165, 1.54) is 11.3 Å². The van der Waals surface area contributed by atoms with Crippen LogP contribution in [0.2, 0.25) is 0 Å². The van der Waals surface area contributed by atoms with Crippen molar-refractivity contribution in [3.05, 3.63) is 16.8 Å². The molecule has 0 radical (unpaired) electrons. The Morgan fingerprint density at radius 1 is 1.59 bits per heavy atom. The van der Waals surface area contributed by atoms with Crippen LogP contribution in [0.1, 0.15) is 37.1 Å². The standard InChI is InChI=1S/C10H13N3O2S2/c1-2-7-5-16-10-12-8(6-3-4-6)9(13(7)10)17(11,14)15/h5-6H,2-4H2,1H3,(H2,11,14,15). The number of fused-ring (bicyclic) bond motifs is 1. The number of hydrogen-bond acceptors (Lipinski definition) is 4. The van der Waals surface area contributed by atoms with E-state index in [1.807, 2.05) is 12.3 Å². The summed E-state index contributed by atoms with van der Waals surface area (Å²) in [7, 11) is -3.72. The van der Waals surface area contributed by atoms with Crippen LogP contribution in [0.25, 0.3) is 4.96 Å². The molecule has 1 aliphatic rings. The van der Waals surface area contributed by atoms with Gasteiger partial charge >= 0.3 is 0 Å². The Kier molecular flexibility index (Phi) is 2.33. The summed E-state index contributed by atoms with van der Waals surface area (Å²) in [6.45, 7) is 1.99. The smallest absolute Gasteiger partial charge is 0.255 e. The topological polar surface area (TPSA) is 77.5 Å². The van der Waals surface area contributed by atoms with Gasteiger partial charge in [-0.2, -0.15) is 0 Å². The van der Waals surface area contributed by atoms with Crippen LogP contribution in [0.5, 0.6) is 0 Å². The number of thiazole rings is 1. The Morgan fingerprint density at radius 3 is 2.82 bits per heavy atom. The van der Waals surface area contributed by atoms with E-state index < -0.39 is 10.0 Å². The second kappa shape index (κ2) is 3.54. The Hall–Kier alpha value is -0.920. The zero-order valence-electron chi connectivity index (χ0n) is 9.38. The van der Waals surface area contributed by atoms with Crippen LogP contribution in [-0.2, 0) is 16.4 Å². The molecule has 1 aliphatic carbocycles. The van der Waals surface area contributed by atoms with Crippen molar-refractivity contribution in [1.82, 2.24) is 9.38 Å². The summed E-state index contributed by atoms with van der Waals surface area (Å²) in [6, 6.07) is 0. The van der Waals surface area contributed by atoms with Crippen LogP contribution < -0.4 is 5.14 Å². The first-order chi connectivity index (χ1) is 8.02. The molecule has 0 unspecified atom stereocenters. The van der Waals surface area contributed by atoms with E-state index in [-0.39, 0.29) is 10.9 Å². The molecule has 0 bridgehead atoms. The van der Waals surface area contributed by atoms with Crippen LogP contribution in [0.4, 0.5) is 0 Å². The first kappa shape index (κ1) is 11.2. The van der Waals surface area contributed by atoms with Gasteiger partial charge in [0.25, 0.3) is 10.0 Å². The summed E-state index contributed by atoms with van der Waals surface area (Å²) in [4.78, 5) is 5.16. The fourth-order valence-corrected chi connectivity index (χ4v) is 4.04. The Morgan fingerprint density at radius 2 is 2.29 bits per heavy atom. The van der Waals surface area contributed by atoms with E-state index >= 15 is 0 Å². The van der Waals surface area contributed by atoms with Gasteiger partial charge in [0, 0.05) is 17.0 Å². The van der Waals surface area contributed by atoms with Crippen molar-refractivity contribution in [1.29, 1.82) is 0 Å². The molecule has 0 saturated heterocycles. The molecule has 0 spiro atoms. The maximum absolute atomic E-state index is 11.7. The average Bonchev–Trinajstić information content (AvgIpc) is 2.88. The van der Waals surface area contributed by atoms with Crippen molar-refractivity contribution in [3.63, 3.8) is 0 Å². The molecular formula is C10H13N3O2S2. The SMILES string of the molecule is CCc1csc2nc(C3CC3)c(S(N)(=O)=O)n12. The molecule has 0 atom stereocenters. The average molecular weight is 271 g/mol. The van der Waals surface area contributed by atoms with Gasteiger partial charge in [-0.25, -0.2) is 18.5 Å². The maximum Gasteiger partial charge on any atom is 0.255 e. The number of nitrogens with zero attached hydrogens (tertiary/aromatic N) is 2. The van der Waals surface area contributed by atoms with E-state index in [4.69, 9.17) is 5.14 Å². The summed E-state index contributed by atoms with van der Waals surface area (Å²) in [5.74, 6) is 0.278. The van der Waals surface area contributed by atoms with Crippen molar-refractivity contribution in [2.24, 2.45) is 5.14 Å². The number of sulfonamides is 1. The molecule has 5 nitrogen and oxygen atoms in total. The lowest BCUT2D eigenvalue weighted by Gasteiger charge is -2.02. The van der Waals surface area contributed by atoms with Crippen LogP contribution in [0.3, 0.4) is 0 Å². The molecule has 1 fully saturated rings. The molecule has 0 aromatic carbocycles. The normalized spacial score (nSPS) is 16.8. The highest BCUT2D eigenvalue weighted by molar-refractivity contribution is 7.89. The predicted molar refractivity (Wildman–Crippen MR) is 65.8 cm³/mol. The van der Waals surface area contributed by atoms with E-state index in [2.05, 4.69) is 4.98 Å². The molecule has 2 heterocycles. The minimum absolute atomic E-state index is 0.202. The van der Waals surface area contributed by atoms with Crippen LogP contribution in [0.15, 0.2) is 10.4 Å². The van der Waals surface area contributed by atoms with Crippen LogP contribution in [0, 0.1) is 0 Å². The first-order valence-electron chi connectivity index (χ1n) is 5.54. The third-order valence-corrected chi connectivity index (χ3v) is 4.82. The van der Waals surface area contributed by atoms with Gasteiger partial charge in [-0.15, -0.1) is 11.3 Å². The lowest BCUT2D eigenvalue weighted by molar-refractivity contribution is 0.590. The highest BCUT2D eigenvalue weighted by atomic mass is 32.2. The summed E-state index contributed by atoms with van der Waals surface area (Å²) in [5.41, 5.74) is 1.61. The quantitative estimate of drug-likeness (QED) is 0.918. The van der Waals surface area contributed by atoms with Gasteiger partial charge in [-0.1, -0.05) is 6.92 Å². The summed E-state index contributed by atoms with van der Waals surface area (Å²) in [5, 5.41) is 7.47. The fraction of sp³-hybridized carbons (Fsp3) is 0.500. The minimum atomic E-state index is -3.72. The van der Waals surface area contributed by atoms with Crippen LogP contribution >= 0.6 is 11.3 Å². The highest BCUT2D eigenvalue weighted by Crippen LogP contribution is 2.43. The van der Waals surface area contributed by atoms with Gasteiger partial charge in [0.1, 0.15) is 0 Å². The molecule has 2 aromatic heterocycles. The lowest BCUT2D eigenvalue weighted by atomic mass is 10.3. The number of rotatable bonds is 3. The van der Waals surface area contributed by atoms with Gasteiger partial charge in [-0.3, -0.25) is 4.40 Å². The highest BCUT2D eigenvalue weighted by Gasteiger charge is 2.34. The summed E-state index contributed by atoms with van der Waals surface area (Å²) in [6.07, 6.45) is 2.78. The number of primary sulfonamides is 1. The second-order valence-corrected chi connectivity index (χ2v) is 6.63. The second-order valence-electron chi connectivity index (χ2n) is 4.32. The van der Waals surface area contributed by atoms with Gasteiger partial charge in [0.05, 0.1) is 5.69 Å². The monoisotopic (exact) mass is 271 g/mol. The molecule has 3 rings (SSSR count). The van der Waals surface area contributed by atoms with Crippen molar-refractivity contribution in [2.75, 3.05) is 0 Å². The molecular weight excluding hydrogens is 258 g/mol. The zero-order chi connectivity index (χ0) is 12.2. The van der Waals surface area contributed by atoms with Gasteiger partial charge in [-0.05, 0) is 19.3 Å². The Bertz CT molecular complexity index is 680. The molecule has 0 amide bonds. The van der Waals surface area contributed by atoms with E-state index in [1.54, 1.807) is 4.40 Å². The molecule has 17 heavy (non-hydrogen) atoms. The molecule has 2 aromatic rings. The largest absolute Gasteiger partial charge is 0.277 e. The van der Waals surface area contributed by atoms with E-state index in [0.29, 0.717) is 5.69 Å². The van der Waals surface area contributed by atoms with Gasteiger partial charge in [0.2, 0.25) is 0 Å². The predicted octanol–water partition coefficient (Wildman–Crippen LogP) is 1.48. The van der Waals surface area contributed by atoms with Crippen LogP contribution in [-0.4, -0.2) is 17.8 Å². The molecule has 92 valence electrons. The van der Waals surface area contributed by atoms with Crippen molar-refractivity contribution >= 4 is 26.3 Å². The molecule has 2 N–H and O–H groups in total. The number of imidazole rings is 1. The van der Waals surface area contributed by atoms with Crippen molar-refractivity contribution in [2.45, 2.75) is 37.1 Å². The summed E-state index contributed by atoms with van der Waals surface area (Å²) < 4.78 is 25.2. The summed E-state index contributed by atoms with van der Waals surface area (Å²) >= 11 is 1.47. The van der Waals surface area contributed by atoms with Gasteiger partial charge < -0.3 is 0 Å². The van der Waals surface area contributed by atoms with E-state index in [0.717, 1.165) is 29.9 Å². The molecule has 1 saturated carbocycles. The Labute approximate surface area is 103 Å². The fourth-order valence-electron chi connectivity index (χ4n) is 2.05. The first-order valence-corrected chi connectivity index (χ1v) is 7.96. The van der Waals surface area contributed by atoms with Crippen molar-refractivity contribution < 1.29 is 8.42 Å². The Balaban J connectivity index is 2.38. The van der Waals surface area contributed by atoms with Crippen molar-refractivity contribution in [3.8, 4) is 0 Å². The third kappa shape index (κ3) is 1.69. The number of aryl methyl sites for hydroxylation is 1. The third-order valence-electron chi connectivity index (χ3n) is 3.01. The number of hydrogen-bond donors (Lipinski definition) is 1. The minimum Gasteiger partial charge on any atom is -0.277 e. The molecule has 7 heteroatoms. The zero-order valence-corrected chi connectivity index (χ0v) is 11.0. The van der Waals surface area contributed by atoms with Gasteiger partial charge in [0.15, 0.2) is 9.99 Å². The van der Waals surface area contributed by atoms with E-state index in [9.17, 15) is 8.42 Å². The lowest BCUT2D eigenvalue weighted by Crippen LogP contribution is -2.17. The maximum atomic E-state index is 11.7. The number of nitrogens with two attached hydrogens (primary N) is 1. The molecule has 0 aliphatic heterocycles. The number of aromatic nitrogens is 2.